The van der Waals surface area contributed by atoms with Crippen molar-refractivity contribution in [2.45, 2.75) is 48.0 Å². The second-order valence-electron chi connectivity index (χ2n) is 6.60. The van der Waals surface area contributed by atoms with Gasteiger partial charge in [0.05, 0.1) is 0 Å². The summed E-state index contributed by atoms with van der Waals surface area (Å²) in [6, 6.07) is 0. The van der Waals surface area contributed by atoms with Crippen LogP contribution in [0.15, 0.2) is 35.5 Å². The minimum atomic E-state index is 0.222. The highest BCUT2D eigenvalue weighted by atomic mass is 14.3. The van der Waals surface area contributed by atoms with E-state index in [2.05, 4.69) is 60.3 Å². The van der Waals surface area contributed by atoms with E-state index in [0.29, 0.717) is 0 Å². The van der Waals surface area contributed by atoms with E-state index < -0.39 is 0 Å². The Kier molecular flexibility index (Phi) is 3.00. The Morgan fingerprint density at radius 2 is 1.47 bits per heavy atom. The van der Waals surface area contributed by atoms with Crippen LogP contribution in [0.25, 0.3) is 0 Å². The fourth-order valence-electron chi connectivity index (χ4n) is 1.71. The summed E-state index contributed by atoms with van der Waals surface area (Å²) in [6.07, 6.45) is 5.65. The quantitative estimate of drug-likeness (QED) is 0.527. The Hall–Kier alpha value is -0.780. The fourth-order valence-corrected chi connectivity index (χ4v) is 1.71. The van der Waals surface area contributed by atoms with Gasteiger partial charge in [0, 0.05) is 0 Å². The molecule has 0 aromatic heterocycles. The van der Waals surface area contributed by atoms with Crippen LogP contribution in [0.4, 0.5) is 0 Å². The normalized spacial score (nSPS) is 18.7. The van der Waals surface area contributed by atoms with Gasteiger partial charge < -0.3 is 0 Å². The summed E-state index contributed by atoms with van der Waals surface area (Å²) in [5, 5.41) is 0. The van der Waals surface area contributed by atoms with Gasteiger partial charge in [-0.05, 0) is 22.8 Å². The monoisotopic (exact) mass is 204 g/mol. The molecule has 1 aliphatic rings. The topological polar surface area (TPSA) is 0 Å². The standard InChI is InChI=1S/C15H24/c1-11-8-12(14(2,3)4)10-13(9-11)15(5,6)7/h8,10H,1,9H2,2-7H3. The summed E-state index contributed by atoms with van der Waals surface area (Å²) in [5.74, 6) is 0. The van der Waals surface area contributed by atoms with Crippen LogP contribution in [0.3, 0.4) is 0 Å². The zero-order valence-electron chi connectivity index (χ0n) is 11.1. The SMILES string of the molecule is C=C1C=C(C(C)(C)C)C=C(C(C)(C)C)C1. The molecule has 0 aromatic carbocycles. The molecule has 84 valence electrons. The predicted octanol–water partition coefficient (Wildman–Crippen LogP) is 4.89. The second kappa shape index (κ2) is 3.66. The largest absolute Gasteiger partial charge is 0.0955 e. The van der Waals surface area contributed by atoms with E-state index in [1.165, 1.54) is 16.7 Å². The Labute approximate surface area is 94.8 Å². The molecule has 0 radical (unpaired) electrons. The fraction of sp³-hybridized carbons (Fsp3) is 0.600. The van der Waals surface area contributed by atoms with Crippen molar-refractivity contribution in [3.63, 3.8) is 0 Å². The first-order chi connectivity index (χ1) is 6.60. The maximum Gasteiger partial charge on any atom is -0.00644 e. The van der Waals surface area contributed by atoms with Gasteiger partial charge in [-0.1, -0.05) is 71.4 Å². The summed E-state index contributed by atoms with van der Waals surface area (Å²) in [5.41, 5.74) is 4.63. The summed E-state index contributed by atoms with van der Waals surface area (Å²) >= 11 is 0. The Balaban J connectivity index is 3.11. The van der Waals surface area contributed by atoms with Gasteiger partial charge in [-0.2, -0.15) is 0 Å². The highest BCUT2D eigenvalue weighted by Crippen LogP contribution is 2.39. The van der Waals surface area contributed by atoms with Gasteiger partial charge >= 0.3 is 0 Å². The first-order valence-corrected chi connectivity index (χ1v) is 5.72. The first kappa shape index (κ1) is 12.3. The van der Waals surface area contributed by atoms with Crippen LogP contribution in [0.2, 0.25) is 0 Å². The molecule has 0 bridgehead atoms. The Morgan fingerprint density at radius 1 is 0.933 bits per heavy atom. The van der Waals surface area contributed by atoms with E-state index in [1.54, 1.807) is 0 Å². The van der Waals surface area contributed by atoms with Crippen molar-refractivity contribution in [2.75, 3.05) is 0 Å². The van der Waals surface area contributed by atoms with Gasteiger partial charge in [0.2, 0.25) is 0 Å². The molecule has 0 spiro atoms. The molecule has 0 aromatic rings. The minimum Gasteiger partial charge on any atom is -0.0955 e. The van der Waals surface area contributed by atoms with E-state index in [0.717, 1.165) is 6.42 Å². The average molecular weight is 204 g/mol. The summed E-state index contributed by atoms with van der Waals surface area (Å²) in [6.45, 7) is 17.7. The minimum absolute atomic E-state index is 0.222. The third-order valence-electron chi connectivity index (χ3n) is 2.94. The van der Waals surface area contributed by atoms with Gasteiger partial charge in [0.1, 0.15) is 0 Å². The number of hydrogen-bond donors (Lipinski definition) is 0. The Bertz CT molecular complexity index is 324. The first-order valence-electron chi connectivity index (χ1n) is 5.72. The van der Waals surface area contributed by atoms with Gasteiger partial charge in [-0.25, -0.2) is 0 Å². The van der Waals surface area contributed by atoms with Crippen molar-refractivity contribution in [1.82, 2.24) is 0 Å². The van der Waals surface area contributed by atoms with Gasteiger partial charge in [0.15, 0.2) is 0 Å². The molecule has 0 heteroatoms. The highest BCUT2D eigenvalue weighted by molar-refractivity contribution is 5.43. The van der Waals surface area contributed by atoms with E-state index >= 15 is 0 Å². The molecule has 0 nitrogen and oxygen atoms in total. The van der Waals surface area contributed by atoms with Crippen molar-refractivity contribution < 1.29 is 0 Å². The van der Waals surface area contributed by atoms with Crippen molar-refractivity contribution in [2.24, 2.45) is 10.8 Å². The lowest BCUT2D eigenvalue weighted by atomic mass is 9.74. The van der Waals surface area contributed by atoms with Gasteiger partial charge in [-0.15, -0.1) is 0 Å². The van der Waals surface area contributed by atoms with Crippen molar-refractivity contribution in [1.29, 1.82) is 0 Å². The van der Waals surface area contributed by atoms with E-state index in [4.69, 9.17) is 0 Å². The predicted molar refractivity (Wildman–Crippen MR) is 68.8 cm³/mol. The molecular formula is C15H24. The molecule has 0 fully saturated rings. The molecule has 0 aliphatic heterocycles. The van der Waals surface area contributed by atoms with Gasteiger partial charge in [0.25, 0.3) is 0 Å². The zero-order valence-corrected chi connectivity index (χ0v) is 11.1. The van der Waals surface area contributed by atoms with Crippen molar-refractivity contribution >= 4 is 0 Å². The lowest BCUT2D eigenvalue weighted by Crippen LogP contribution is -2.17. The van der Waals surface area contributed by atoms with Crippen LogP contribution in [0.1, 0.15) is 48.0 Å². The second-order valence-corrected chi connectivity index (χ2v) is 6.60. The molecule has 0 heterocycles. The Morgan fingerprint density at radius 3 is 1.87 bits per heavy atom. The molecule has 0 amide bonds. The molecule has 0 saturated carbocycles. The smallest absolute Gasteiger partial charge is 0.00644 e. The van der Waals surface area contributed by atoms with E-state index in [9.17, 15) is 0 Å². The molecule has 0 atom stereocenters. The summed E-state index contributed by atoms with van der Waals surface area (Å²) in [4.78, 5) is 0. The van der Waals surface area contributed by atoms with Crippen LogP contribution in [-0.2, 0) is 0 Å². The third-order valence-corrected chi connectivity index (χ3v) is 2.94. The van der Waals surface area contributed by atoms with Crippen LogP contribution < -0.4 is 0 Å². The number of allylic oxidation sites excluding steroid dienone is 5. The van der Waals surface area contributed by atoms with Gasteiger partial charge in [-0.3, -0.25) is 0 Å². The lowest BCUT2D eigenvalue weighted by Gasteiger charge is -2.31. The highest BCUT2D eigenvalue weighted by Gasteiger charge is 2.24. The average Bonchev–Trinajstić information content (AvgIpc) is 1.99. The third kappa shape index (κ3) is 3.09. The maximum absolute atomic E-state index is 4.12. The van der Waals surface area contributed by atoms with Crippen LogP contribution in [0, 0.1) is 10.8 Å². The zero-order chi connectivity index (χ0) is 11.9. The van der Waals surface area contributed by atoms with E-state index in [-0.39, 0.29) is 10.8 Å². The van der Waals surface area contributed by atoms with Crippen LogP contribution in [-0.4, -0.2) is 0 Å². The maximum atomic E-state index is 4.12. The lowest BCUT2D eigenvalue weighted by molar-refractivity contribution is 0.475. The summed E-state index contributed by atoms with van der Waals surface area (Å²) < 4.78 is 0. The number of rotatable bonds is 0. The molecule has 0 unspecified atom stereocenters. The van der Waals surface area contributed by atoms with Crippen molar-refractivity contribution in [3.8, 4) is 0 Å². The molecule has 0 N–H and O–H groups in total. The van der Waals surface area contributed by atoms with E-state index in [1.807, 2.05) is 0 Å². The molecule has 0 saturated heterocycles. The number of hydrogen-bond acceptors (Lipinski definition) is 0. The molecule has 15 heavy (non-hydrogen) atoms. The molecular weight excluding hydrogens is 180 g/mol. The van der Waals surface area contributed by atoms with Crippen LogP contribution >= 0.6 is 0 Å². The van der Waals surface area contributed by atoms with Crippen molar-refractivity contribution in [3.05, 3.63) is 35.5 Å². The van der Waals surface area contributed by atoms with Crippen LogP contribution in [0.5, 0.6) is 0 Å². The molecule has 1 rings (SSSR count). The summed E-state index contributed by atoms with van der Waals surface area (Å²) in [7, 11) is 0. The molecule has 1 aliphatic carbocycles.